The summed E-state index contributed by atoms with van der Waals surface area (Å²) in [4.78, 5) is 7.94. The molecule has 0 saturated heterocycles. The van der Waals surface area contributed by atoms with E-state index >= 15 is 0 Å². The average molecular weight is 295 g/mol. The zero-order valence-electron chi connectivity index (χ0n) is 10.9. The highest BCUT2D eigenvalue weighted by Crippen LogP contribution is 2.15. The summed E-state index contributed by atoms with van der Waals surface area (Å²) in [6.07, 6.45) is 5.87. The van der Waals surface area contributed by atoms with Gasteiger partial charge in [0.15, 0.2) is 11.6 Å². The normalized spacial score (nSPS) is 10.5. The van der Waals surface area contributed by atoms with E-state index in [-0.39, 0.29) is 5.82 Å². The highest BCUT2D eigenvalue weighted by atomic mass is 35.5. The molecule has 0 aliphatic heterocycles. The highest BCUT2D eigenvalue weighted by Gasteiger charge is 2.03. The number of pyridine rings is 2. The lowest BCUT2D eigenvalue weighted by Crippen LogP contribution is -2.18. The second kappa shape index (κ2) is 7.77. The van der Waals surface area contributed by atoms with Crippen molar-refractivity contribution in [1.29, 1.82) is 0 Å². The maximum atomic E-state index is 13.4. The molecule has 0 aliphatic rings. The first-order chi connectivity index (χ1) is 9.75. The molecule has 0 unspecified atom stereocenters. The van der Waals surface area contributed by atoms with Crippen LogP contribution < -0.4 is 10.6 Å². The molecule has 0 amide bonds. The predicted molar refractivity (Wildman–Crippen MR) is 78.3 cm³/mol. The van der Waals surface area contributed by atoms with Crippen LogP contribution in [0.15, 0.2) is 36.8 Å². The van der Waals surface area contributed by atoms with Crippen LogP contribution >= 0.6 is 11.6 Å². The fourth-order valence-electron chi connectivity index (χ4n) is 1.70. The van der Waals surface area contributed by atoms with Crippen LogP contribution in [0.2, 0.25) is 5.02 Å². The topological polar surface area (TPSA) is 49.8 Å². The number of hydrogen-bond donors (Lipinski definition) is 2. The van der Waals surface area contributed by atoms with Gasteiger partial charge in [0, 0.05) is 31.7 Å². The molecule has 0 saturated carbocycles. The molecular weight excluding hydrogens is 279 g/mol. The summed E-state index contributed by atoms with van der Waals surface area (Å²) >= 11 is 5.63. The molecule has 0 fully saturated rings. The van der Waals surface area contributed by atoms with Gasteiger partial charge in [-0.3, -0.25) is 4.98 Å². The molecule has 2 aromatic rings. The Labute approximate surface area is 122 Å². The zero-order chi connectivity index (χ0) is 14.2. The fourth-order valence-corrected chi connectivity index (χ4v) is 1.84. The third-order valence-electron chi connectivity index (χ3n) is 2.68. The Morgan fingerprint density at radius 1 is 1.25 bits per heavy atom. The lowest BCUT2D eigenvalue weighted by molar-refractivity contribution is 0.620. The zero-order valence-corrected chi connectivity index (χ0v) is 11.7. The summed E-state index contributed by atoms with van der Waals surface area (Å²) in [7, 11) is 0. The van der Waals surface area contributed by atoms with Crippen molar-refractivity contribution in [3.63, 3.8) is 0 Å². The van der Waals surface area contributed by atoms with E-state index in [0.29, 0.717) is 11.6 Å². The Hall–Kier alpha value is -1.72. The Balaban J connectivity index is 1.62. The molecule has 20 heavy (non-hydrogen) atoms. The molecular formula is C14H16ClFN4. The molecule has 4 nitrogen and oxygen atoms in total. The molecule has 0 aliphatic carbocycles. The average Bonchev–Trinajstić information content (AvgIpc) is 2.46. The number of nitrogens with zero attached hydrogens (tertiary/aromatic N) is 2. The molecule has 0 radical (unpaired) electrons. The number of hydrogen-bond acceptors (Lipinski definition) is 4. The van der Waals surface area contributed by atoms with Crippen molar-refractivity contribution in [2.75, 3.05) is 18.4 Å². The van der Waals surface area contributed by atoms with Gasteiger partial charge in [-0.25, -0.2) is 9.37 Å². The van der Waals surface area contributed by atoms with Gasteiger partial charge in [-0.15, -0.1) is 0 Å². The number of halogens is 2. The van der Waals surface area contributed by atoms with Gasteiger partial charge in [-0.1, -0.05) is 17.7 Å². The number of rotatable bonds is 7. The van der Waals surface area contributed by atoms with E-state index in [2.05, 4.69) is 20.6 Å². The first-order valence-corrected chi connectivity index (χ1v) is 6.78. The Bertz CT molecular complexity index is 536. The van der Waals surface area contributed by atoms with Gasteiger partial charge in [-0.2, -0.15) is 0 Å². The monoisotopic (exact) mass is 294 g/mol. The Morgan fingerprint density at radius 3 is 2.90 bits per heavy atom. The predicted octanol–water partition coefficient (Wildman–Crippen LogP) is 2.86. The van der Waals surface area contributed by atoms with Gasteiger partial charge in [-0.05, 0) is 30.7 Å². The lowest BCUT2D eigenvalue weighted by Gasteiger charge is -2.07. The molecule has 6 heteroatoms. The summed E-state index contributed by atoms with van der Waals surface area (Å²) in [6.45, 7) is 2.25. The third kappa shape index (κ3) is 4.75. The van der Waals surface area contributed by atoms with E-state index in [1.54, 1.807) is 6.20 Å². The van der Waals surface area contributed by atoms with Crippen molar-refractivity contribution in [3.8, 4) is 0 Å². The minimum Gasteiger partial charge on any atom is -0.368 e. The van der Waals surface area contributed by atoms with Gasteiger partial charge in [0.25, 0.3) is 0 Å². The number of anilines is 1. The van der Waals surface area contributed by atoms with Crippen molar-refractivity contribution in [1.82, 2.24) is 15.3 Å². The molecule has 2 aromatic heterocycles. The van der Waals surface area contributed by atoms with Crippen LogP contribution in [-0.2, 0) is 6.54 Å². The summed E-state index contributed by atoms with van der Waals surface area (Å²) < 4.78 is 13.4. The van der Waals surface area contributed by atoms with Crippen LogP contribution in [0.3, 0.4) is 0 Å². The SMILES string of the molecule is Fc1cc(Cl)cnc1NCCCNCc1cccnc1. The molecule has 0 bridgehead atoms. The van der Waals surface area contributed by atoms with Crippen molar-refractivity contribution >= 4 is 17.4 Å². The van der Waals surface area contributed by atoms with E-state index in [1.807, 2.05) is 18.3 Å². The largest absolute Gasteiger partial charge is 0.368 e. The second-order valence-electron chi connectivity index (χ2n) is 4.30. The van der Waals surface area contributed by atoms with Crippen LogP contribution in [-0.4, -0.2) is 23.1 Å². The first kappa shape index (κ1) is 14.7. The molecule has 0 aromatic carbocycles. The van der Waals surface area contributed by atoms with E-state index in [0.717, 1.165) is 25.1 Å². The van der Waals surface area contributed by atoms with Crippen molar-refractivity contribution < 1.29 is 4.39 Å². The Kier molecular flexibility index (Phi) is 5.70. The van der Waals surface area contributed by atoms with E-state index in [4.69, 9.17) is 11.6 Å². The quantitative estimate of drug-likeness (QED) is 0.771. The second-order valence-corrected chi connectivity index (χ2v) is 4.74. The van der Waals surface area contributed by atoms with Gasteiger partial charge in [0.1, 0.15) is 0 Å². The minimum absolute atomic E-state index is 0.238. The van der Waals surface area contributed by atoms with Gasteiger partial charge in [0.2, 0.25) is 0 Å². The van der Waals surface area contributed by atoms with Gasteiger partial charge < -0.3 is 10.6 Å². The van der Waals surface area contributed by atoms with Crippen molar-refractivity contribution in [3.05, 3.63) is 53.2 Å². The summed E-state index contributed by atoms with van der Waals surface area (Å²) in [5.41, 5.74) is 1.14. The van der Waals surface area contributed by atoms with Gasteiger partial charge >= 0.3 is 0 Å². The van der Waals surface area contributed by atoms with Crippen LogP contribution in [0.1, 0.15) is 12.0 Å². The van der Waals surface area contributed by atoms with Crippen LogP contribution in [0.5, 0.6) is 0 Å². The van der Waals surface area contributed by atoms with E-state index < -0.39 is 5.82 Å². The number of aromatic nitrogens is 2. The van der Waals surface area contributed by atoms with E-state index in [1.165, 1.54) is 12.3 Å². The van der Waals surface area contributed by atoms with Crippen molar-refractivity contribution in [2.45, 2.75) is 13.0 Å². The highest BCUT2D eigenvalue weighted by molar-refractivity contribution is 6.30. The summed E-state index contributed by atoms with van der Waals surface area (Å²) in [5.74, 6) is -0.192. The molecule has 106 valence electrons. The molecule has 2 heterocycles. The van der Waals surface area contributed by atoms with Gasteiger partial charge in [0.05, 0.1) is 5.02 Å². The fraction of sp³-hybridized carbons (Fsp3) is 0.286. The standard InChI is InChI=1S/C14H16ClFN4/c15-12-7-13(16)14(20-10-12)19-6-2-5-18-9-11-3-1-4-17-8-11/h1,3-4,7-8,10,18H,2,5-6,9H2,(H,19,20). The third-order valence-corrected chi connectivity index (χ3v) is 2.89. The Morgan fingerprint density at radius 2 is 2.15 bits per heavy atom. The maximum absolute atomic E-state index is 13.4. The molecule has 0 atom stereocenters. The molecule has 2 rings (SSSR count). The summed E-state index contributed by atoms with van der Waals surface area (Å²) in [6, 6.07) is 5.18. The van der Waals surface area contributed by atoms with Crippen LogP contribution in [0.25, 0.3) is 0 Å². The van der Waals surface area contributed by atoms with E-state index in [9.17, 15) is 4.39 Å². The minimum atomic E-state index is -0.430. The van der Waals surface area contributed by atoms with Crippen molar-refractivity contribution in [2.24, 2.45) is 0 Å². The maximum Gasteiger partial charge on any atom is 0.166 e. The summed E-state index contributed by atoms with van der Waals surface area (Å²) in [5, 5.41) is 6.54. The first-order valence-electron chi connectivity index (χ1n) is 6.40. The van der Waals surface area contributed by atoms with Crippen LogP contribution in [0.4, 0.5) is 10.2 Å². The van der Waals surface area contributed by atoms with Crippen LogP contribution in [0, 0.1) is 5.82 Å². The molecule has 2 N–H and O–H groups in total. The lowest BCUT2D eigenvalue weighted by atomic mass is 10.3. The number of nitrogens with one attached hydrogen (secondary N) is 2. The smallest absolute Gasteiger partial charge is 0.166 e. The molecule has 0 spiro atoms.